The summed E-state index contributed by atoms with van der Waals surface area (Å²) < 4.78 is 16.7. The number of aldehydes is 1. The van der Waals surface area contributed by atoms with E-state index in [9.17, 15) is 9.59 Å². The molecule has 6 heteroatoms. The predicted molar refractivity (Wildman–Crippen MR) is 109 cm³/mol. The van der Waals surface area contributed by atoms with Crippen LogP contribution < -0.4 is 14.2 Å². The number of benzene rings is 3. The lowest BCUT2D eigenvalue weighted by molar-refractivity contribution is -0.136. The maximum atomic E-state index is 12.1. The Morgan fingerprint density at radius 2 is 1.68 bits per heavy atom. The number of esters is 1. The van der Waals surface area contributed by atoms with Gasteiger partial charge in [0.15, 0.2) is 18.1 Å². The van der Waals surface area contributed by atoms with Gasteiger partial charge in [-0.2, -0.15) is 0 Å². The summed E-state index contributed by atoms with van der Waals surface area (Å²) >= 11 is 3.47. The lowest BCUT2D eigenvalue weighted by atomic mass is 10.1. The second-order valence-corrected chi connectivity index (χ2v) is 6.66. The molecule has 0 bridgehead atoms. The van der Waals surface area contributed by atoms with E-state index in [4.69, 9.17) is 14.2 Å². The van der Waals surface area contributed by atoms with Crippen molar-refractivity contribution in [1.82, 2.24) is 0 Å². The Balaban J connectivity index is 1.64. The number of rotatable bonds is 7. The minimum Gasteiger partial charge on any atom is -0.493 e. The SMILES string of the molecule is COc1cc(C=O)ccc1OC(=O)COc1ccc(-c2ccccc2)cc1Br. The molecule has 0 radical (unpaired) electrons. The molecule has 0 aliphatic carbocycles. The van der Waals surface area contributed by atoms with E-state index in [1.807, 2.05) is 42.5 Å². The van der Waals surface area contributed by atoms with Crippen molar-refractivity contribution in [2.75, 3.05) is 13.7 Å². The summed E-state index contributed by atoms with van der Waals surface area (Å²) in [5.74, 6) is 0.461. The summed E-state index contributed by atoms with van der Waals surface area (Å²) in [5.41, 5.74) is 2.54. The fourth-order valence-electron chi connectivity index (χ4n) is 2.56. The van der Waals surface area contributed by atoms with Crippen molar-refractivity contribution >= 4 is 28.2 Å². The molecular weight excluding hydrogens is 424 g/mol. The first-order chi connectivity index (χ1) is 13.6. The van der Waals surface area contributed by atoms with Crippen LogP contribution in [-0.2, 0) is 4.79 Å². The van der Waals surface area contributed by atoms with Crippen LogP contribution in [0.1, 0.15) is 10.4 Å². The number of ether oxygens (including phenoxy) is 3. The van der Waals surface area contributed by atoms with E-state index in [2.05, 4.69) is 15.9 Å². The van der Waals surface area contributed by atoms with Crippen LogP contribution in [-0.4, -0.2) is 26.0 Å². The molecule has 0 saturated carbocycles. The van der Waals surface area contributed by atoms with E-state index in [0.717, 1.165) is 15.6 Å². The van der Waals surface area contributed by atoms with Crippen molar-refractivity contribution in [3.8, 4) is 28.4 Å². The molecule has 0 aliphatic rings. The first-order valence-corrected chi connectivity index (χ1v) is 9.21. The van der Waals surface area contributed by atoms with Crippen LogP contribution >= 0.6 is 15.9 Å². The smallest absolute Gasteiger partial charge is 0.349 e. The number of hydrogen-bond donors (Lipinski definition) is 0. The van der Waals surface area contributed by atoms with Crippen LogP contribution in [0, 0.1) is 0 Å². The Morgan fingerprint density at radius 1 is 0.929 bits per heavy atom. The van der Waals surface area contributed by atoms with Crippen molar-refractivity contribution in [2.24, 2.45) is 0 Å². The quantitative estimate of drug-likeness (QED) is 0.296. The first-order valence-electron chi connectivity index (χ1n) is 8.42. The second-order valence-electron chi connectivity index (χ2n) is 5.80. The highest BCUT2D eigenvalue weighted by Gasteiger charge is 2.13. The van der Waals surface area contributed by atoms with Gasteiger partial charge in [0.2, 0.25) is 0 Å². The van der Waals surface area contributed by atoms with Crippen LogP contribution in [0.2, 0.25) is 0 Å². The lowest BCUT2D eigenvalue weighted by Crippen LogP contribution is -2.18. The molecule has 0 unspecified atom stereocenters. The lowest BCUT2D eigenvalue weighted by Gasteiger charge is -2.12. The Labute approximate surface area is 171 Å². The number of halogens is 1. The van der Waals surface area contributed by atoms with E-state index in [-0.39, 0.29) is 12.4 Å². The summed E-state index contributed by atoms with van der Waals surface area (Å²) in [5, 5.41) is 0. The third kappa shape index (κ3) is 4.78. The Kier molecular flexibility index (Phi) is 6.45. The van der Waals surface area contributed by atoms with Crippen molar-refractivity contribution < 1.29 is 23.8 Å². The Bertz CT molecular complexity index is 985. The highest BCUT2D eigenvalue weighted by Crippen LogP contribution is 2.31. The maximum absolute atomic E-state index is 12.1. The molecule has 0 atom stereocenters. The zero-order valence-corrected chi connectivity index (χ0v) is 16.6. The van der Waals surface area contributed by atoms with Gasteiger partial charge >= 0.3 is 5.97 Å². The van der Waals surface area contributed by atoms with Crippen molar-refractivity contribution in [3.63, 3.8) is 0 Å². The predicted octanol–water partition coefficient (Wildman–Crippen LogP) is 4.92. The highest BCUT2D eigenvalue weighted by molar-refractivity contribution is 9.10. The number of hydrogen-bond acceptors (Lipinski definition) is 5. The summed E-state index contributed by atoms with van der Waals surface area (Å²) in [7, 11) is 1.43. The molecule has 0 amide bonds. The zero-order valence-electron chi connectivity index (χ0n) is 15.1. The second kappa shape index (κ2) is 9.19. The van der Waals surface area contributed by atoms with Gasteiger partial charge in [-0.15, -0.1) is 0 Å². The standard InChI is InChI=1S/C22H17BrO5/c1-26-21-11-15(13-24)7-9-20(21)28-22(25)14-27-19-10-8-17(12-18(19)23)16-5-3-2-4-6-16/h2-13H,14H2,1H3. The average molecular weight is 441 g/mol. The first kappa shape index (κ1) is 19.6. The molecule has 3 aromatic rings. The molecule has 0 spiro atoms. The molecule has 3 aromatic carbocycles. The van der Waals surface area contributed by atoms with Crippen LogP contribution in [0.4, 0.5) is 0 Å². The summed E-state index contributed by atoms with van der Waals surface area (Å²) in [6.07, 6.45) is 0.688. The van der Waals surface area contributed by atoms with Gasteiger partial charge in [0, 0.05) is 5.56 Å². The minimum atomic E-state index is -0.587. The van der Waals surface area contributed by atoms with Crippen molar-refractivity contribution in [2.45, 2.75) is 0 Å². The number of carbonyl (C=O) groups excluding carboxylic acids is 2. The Morgan fingerprint density at radius 3 is 2.36 bits per heavy atom. The van der Waals surface area contributed by atoms with Gasteiger partial charge in [-0.25, -0.2) is 4.79 Å². The molecule has 0 aromatic heterocycles. The van der Waals surface area contributed by atoms with Crippen LogP contribution in [0.25, 0.3) is 11.1 Å². The van der Waals surface area contributed by atoms with E-state index in [1.165, 1.54) is 25.3 Å². The minimum absolute atomic E-state index is 0.222. The number of methoxy groups -OCH3 is 1. The van der Waals surface area contributed by atoms with Crippen molar-refractivity contribution in [1.29, 1.82) is 0 Å². The van der Waals surface area contributed by atoms with E-state index >= 15 is 0 Å². The molecule has 28 heavy (non-hydrogen) atoms. The molecule has 0 aliphatic heterocycles. The van der Waals surface area contributed by atoms with Crippen molar-refractivity contribution in [3.05, 3.63) is 76.8 Å². The normalized spacial score (nSPS) is 10.2. The largest absolute Gasteiger partial charge is 0.493 e. The van der Waals surface area contributed by atoms with Crippen LogP contribution in [0.5, 0.6) is 17.2 Å². The summed E-state index contributed by atoms with van der Waals surface area (Å²) in [6.45, 7) is -0.276. The van der Waals surface area contributed by atoms with Gasteiger partial charge in [0.05, 0.1) is 11.6 Å². The van der Waals surface area contributed by atoms with Gasteiger partial charge in [0.25, 0.3) is 0 Å². The van der Waals surface area contributed by atoms with Crippen LogP contribution in [0.15, 0.2) is 71.2 Å². The van der Waals surface area contributed by atoms with Gasteiger partial charge < -0.3 is 14.2 Å². The molecular formula is C22H17BrO5. The third-order valence-corrected chi connectivity index (χ3v) is 4.55. The Hall–Kier alpha value is -3.12. The average Bonchev–Trinajstić information content (AvgIpc) is 2.73. The molecule has 3 rings (SSSR count). The zero-order chi connectivity index (χ0) is 19.9. The molecule has 5 nitrogen and oxygen atoms in total. The van der Waals surface area contributed by atoms with Gasteiger partial charge in [0.1, 0.15) is 12.0 Å². The summed E-state index contributed by atoms with van der Waals surface area (Å²) in [6, 6.07) is 20.1. The van der Waals surface area contributed by atoms with Gasteiger partial charge in [-0.1, -0.05) is 36.4 Å². The molecule has 0 fully saturated rings. The third-order valence-electron chi connectivity index (χ3n) is 3.93. The van der Waals surface area contributed by atoms with Gasteiger partial charge in [-0.05, 0) is 57.4 Å². The molecule has 0 heterocycles. The summed E-state index contributed by atoms with van der Waals surface area (Å²) in [4.78, 5) is 22.9. The monoisotopic (exact) mass is 440 g/mol. The molecule has 0 saturated heterocycles. The van der Waals surface area contributed by atoms with E-state index in [1.54, 1.807) is 6.07 Å². The maximum Gasteiger partial charge on any atom is 0.349 e. The topological polar surface area (TPSA) is 61.8 Å². The van der Waals surface area contributed by atoms with E-state index in [0.29, 0.717) is 23.3 Å². The fourth-order valence-corrected chi connectivity index (χ4v) is 3.05. The highest BCUT2D eigenvalue weighted by atomic mass is 79.9. The fraction of sp³-hybridized carbons (Fsp3) is 0.0909. The van der Waals surface area contributed by atoms with Crippen LogP contribution in [0.3, 0.4) is 0 Å². The van der Waals surface area contributed by atoms with Gasteiger partial charge in [-0.3, -0.25) is 4.79 Å². The number of carbonyl (C=O) groups is 2. The molecule has 142 valence electrons. The molecule has 0 N–H and O–H groups in total. The van der Waals surface area contributed by atoms with E-state index < -0.39 is 5.97 Å².